The first-order chi connectivity index (χ1) is 11.4. The number of rotatable bonds is 4. The molecule has 0 radical (unpaired) electrons. The van der Waals surface area contributed by atoms with Crippen LogP contribution in [-0.4, -0.2) is 31.8 Å². The van der Waals surface area contributed by atoms with Gasteiger partial charge in [0.05, 0.1) is 18.3 Å². The molecule has 0 saturated heterocycles. The number of nitrogens with zero attached hydrogens (tertiary/aromatic N) is 1. The van der Waals surface area contributed by atoms with E-state index in [1.54, 1.807) is 30.3 Å². The minimum atomic E-state index is -3.92. The van der Waals surface area contributed by atoms with Crippen molar-refractivity contribution in [2.45, 2.75) is 23.9 Å². The minimum absolute atomic E-state index is 0.113. The van der Waals surface area contributed by atoms with Gasteiger partial charge in [-0.15, -0.1) is 0 Å². The molecule has 0 bridgehead atoms. The molecule has 1 aromatic heterocycles. The van der Waals surface area contributed by atoms with Crippen LogP contribution in [0.3, 0.4) is 0 Å². The van der Waals surface area contributed by atoms with Crippen molar-refractivity contribution >= 4 is 16.0 Å². The fraction of sp³-hybridized carbons (Fsp3) is 0.235. The molecule has 2 atom stereocenters. The monoisotopic (exact) mass is 347 g/mol. The van der Waals surface area contributed by atoms with Crippen molar-refractivity contribution in [2.24, 2.45) is 0 Å². The first-order valence-corrected chi connectivity index (χ1v) is 8.79. The fourth-order valence-corrected chi connectivity index (χ4v) is 4.32. The van der Waals surface area contributed by atoms with Crippen LogP contribution >= 0.6 is 0 Å². The molecule has 0 unspecified atom stereocenters. The van der Waals surface area contributed by atoms with E-state index in [-0.39, 0.29) is 4.90 Å². The van der Waals surface area contributed by atoms with Crippen molar-refractivity contribution in [1.29, 1.82) is 0 Å². The second kappa shape index (κ2) is 6.26. The zero-order valence-electron chi connectivity index (χ0n) is 13.2. The van der Waals surface area contributed by atoms with E-state index in [0.717, 1.165) is 9.87 Å². The van der Waals surface area contributed by atoms with Gasteiger partial charge < -0.3 is 9.15 Å². The number of esters is 1. The topological polar surface area (TPSA) is 76.8 Å². The molecule has 126 valence electrons. The van der Waals surface area contributed by atoms with Crippen LogP contribution in [0.2, 0.25) is 0 Å². The third-order valence-corrected chi connectivity index (χ3v) is 5.77. The smallest absolute Gasteiger partial charge is 0.328 e. The Morgan fingerprint density at radius 1 is 1.17 bits per heavy atom. The van der Waals surface area contributed by atoms with Gasteiger partial charge in [0.2, 0.25) is 10.0 Å². The van der Waals surface area contributed by atoms with Crippen LogP contribution in [0.5, 0.6) is 0 Å². The maximum atomic E-state index is 13.1. The quantitative estimate of drug-likeness (QED) is 0.627. The predicted molar refractivity (Wildman–Crippen MR) is 86.6 cm³/mol. The molecule has 1 aliphatic rings. The lowest BCUT2D eigenvalue weighted by molar-refractivity contribution is -0.143. The van der Waals surface area contributed by atoms with Gasteiger partial charge in [0.1, 0.15) is 17.8 Å². The average molecular weight is 347 g/mol. The molecule has 6 nitrogen and oxygen atoms in total. The standard InChI is InChI=1S/C17H17NO5S/c1-12-5-7-13(8-6-12)24(20,21)18-14(16-4-3-11-23-16)9-10-15(18)17(19)22-2/h3-11,14-15H,1-2H3/t14-,15-/m0/s1. The van der Waals surface area contributed by atoms with E-state index in [1.807, 2.05) is 6.92 Å². The van der Waals surface area contributed by atoms with Crippen molar-refractivity contribution in [3.8, 4) is 0 Å². The number of sulfonamides is 1. The maximum Gasteiger partial charge on any atom is 0.328 e. The molecule has 0 aliphatic carbocycles. The number of hydrogen-bond donors (Lipinski definition) is 0. The number of benzene rings is 1. The molecule has 0 amide bonds. The molecule has 0 N–H and O–H groups in total. The molecule has 0 fully saturated rings. The highest BCUT2D eigenvalue weighted by Crippen LogP contribution is 2.36. The number of hydrogen-bond acceptors (Lipinski definition) is 5. The van der Waals surface area contributed by atoms with Gasteiger partial charge in [-0.05, 0) is 31.2 Å². The summed E-state index contributed by atoms with van der Waals surface area (Å²) in [6, 6.07) is 8.09. The van der Waals surface area contributed by atoms with Crippen LogP contribution < -0.4 is 0 Å². The SMILES string of the molecule is COC(=O)[C@@H]1C=C[C@@H](c2ccco2)N1S(=O)(=O)c1ccc(C)cc1. The van der Waals surface area contributed by atoms with Gasteiger partial charge in [-0.25, -0.2) is 13.2 Å². The molecular formula is C17H17NO5S. The van der Waals surface area contributed by atoms with Crippen LogP contribution in [0, 0.1) is 6.92 Å². The molecular weight excluding hydrogens is 330 g/mol. The Morgan fingerprint density at radius 2 is 1.88 bits per heavy atom. The summed E-state index contributed by atoms with van der Waals surface area (Å²) < 4.78 is 37.5. The third kappa shape index (κ3) is 2.76. The van der Waals surface area contributed by atoms with Crippen molar-refractivity contribution in [3.05, 3.63) is 66.1 Å². The number of aryl methyl sites for hydroxylation is 1. The Morgan fingerprint density at radius 3 is 2.46 bits per heavy atom. The lowest BCUT2D eigenvalue weighted by Gasteiger charge is -2.27. The van der Waals surface area contributed by atoms with Crippen LogP contribution in [-0.2, 0) is 19.6 Å². The Hall–Kier alpha value is -2.38. The largest absolute Gasteiger partial charge is 0.468 e. The Balaban J connectivity index is 2.07. The summed E-state index contributed by atoms with van der Waals surface area (Å²) in [5.74, 6) is -0.204. The third-order valence-electron chi connectivity index (χ3n) is 3.90. The summed E-state index contributed by atoms with van der Waals surface area (Å²) in [6.45, 7) is 1.87. The summed E-state index contributed by atoms with van der Waals surface area (Å²) in [6.07, 6.45) is 4.61. The molecule has 7 heteroatoms. The Kier molecular flexibility index (Phi) is 4.29. The van der Waals surface area contributed by atoms with Crippen molar-refractivity contribution in [3.63, 3.8) is 0 Å². The zero-order valence-corrected chi connectivity index (χ0v) is 14.1. The summed E-state index contributed by atoms with van der Waals surface area (Å²) >= 11 is 0. The molecule has 0 spiro atoms. The summed E-state index contributed by atoms with van der Waals surface area (Å²) in [5.41, 5.74) is 0.945. The zero-order chi connectivity index (χ0) is 17.3. The molecule has 1 aromatic carbocycles. The van der Waals surface area contributed by atoms with E-state index in [4.69, 9.17) is 9.15 Å². The van der Waals surface area contributed by atoms with E-state index in [1.165, 1.54) is 31.6 Å². The minimum Gasteiger partial charge on any atom is -0.468 e. The fourth-order valence-electron chi connectivity index (χ4n) is 2.67. The van der Waals surface area contributed by atoms with Crippen LogP contribution in [0.1, 0.15) is 17.4 Å². The molecule has 3 rings (SSSR count). The highest BCUT2D eigenvalue weighted by Gasteiger charge is 2.44. The van der Waals surface area contributed by atoms with E-state index < -0.39 is 28.1 Å². The number of carbonyl (C=O) groups is 1. The number of furan rings is 1. The molecule has 2 heterocycles. The molecule has 2 aromatic rings. The number of ether oxygens (including phenoxy) is 1. The van der Waals surface area contributed by atoms with Crippen molar-refractivity contribution in [2.75, 3.05) is 7.11 Å². The second-order valence-corrected chi connectivity index (χ2v) is 7.30. The van der Waals surface area contributed by atoms with Crippen molar-refractivity contribution < 1.29 is 22.4 Å². The summed E-state index contributed by atoms with van der Waals surface area (Å²) in [5, 5.41) is 0. The highest BCUT2D eigenvalue weighted by atomic mass is 32.2. The van der Waals surface area contributed by atoms with Crippen LogP contribution in [0.25, 0.3) is 0 Å². The van der Waals surface area contributed by atoms with Gasteiger partial charge in [0, 0.05) is 0 Å². The Bertz CT molecular complexity index is 853. The lowest BCUT2D eigenvalue weighted by atomic mass is 10.2. The van der Waals surface area contributed by atoms with E-state index >= 15 is 0 Å². The van der Waals surface area contributed by atoms with Crippen LogP contribution in [0.15, 0.2) is 64.1 Å². The highest BCUT2D eigenvalue weighted by molar-refractivity contribution is 7.89. The Labute approximate surface area is 140 Å². The van der Waals surface area contributed by atoms with Crippen molar-refractivity contribution in [1.82, 2.24) is 4.31 Å². The number of methoxy groups -OCH3 is 1. The lowest BCUT2D eigenvalue weighted by Crippen LogP contribution is -2.42. The van der Waals surface area contributed by atoms with Gasteiger partial charge in [-0.3, -0.25) is 0 Å². The van der Waals surface area contributed by atoms with Gasteiger partial charge in [-0.2, -0.15) is 4.31 Å². The predicted octanol–water partition coefficient (Wildman–Crippen LogP) is 2.43. The normalized spacial score (nSPS) is 21.1. The molecule has 24 heavy (non-hydrogen) atoms. The molecule has 1 aliphatic heterocycles. The second-order valence-electron chi connectivity index (χ2n) is 5.46. The van der Waals surface area contributed by atoms with Gasteiger partial charge in [0.15, 0.2) is 0 Å². The number of carbonyl (C=O) groups excluding carboxylic acids is 1. The molecule has 0 saturated carbocycles. The average Bonchev–Trinajstić information content (AvgIpc) is 3.23. The van der Waals surface area contributed by atoms with Gasteiger partial charge in [-0.1, -0.05) is 29.8 Å². The van der Waals surface area contributed by atoms with Gasteiger partial charge in [0.25, 0.3) is 0 Å². The van der Waals surface area contributed by atoms with Gasteiger partial charge >= 0.3 is 5.97 Å². The van der Waals surface area contributed by atoms with E-state index in [9.17, 15) is 13.2 Å². The van der Waals surface area contributed by atoms with Crippen LogP contribution in [0.4, 0.5) is 0 Å². The maximum absolute atomic E-state index is 13.1. The first-order valence-electron chi connectivity index (χ1n) is 7.35. The van der Waals surface area contributed by atoms with E-state index in [0.29, 0.717) is 5.76 Å². The summed E-state index contributed by atoms with van der Waals surface area (Å²) in [4.78, 5) is 12.2. The van der Waals surface area contributed by atoms with E-state index in [2.05, 4.69) is 0 Å². The summed E-state index contributed by atoms with van der Waals surface area (Å²) in [7, 11) is -2.70. The first kappa shape index (κ1) is 16.5.